The predicted octanol–water partition coefficient (Wildman–Crippen LogP) is 2.29. The van der Waals surface area contributed by atoms with Gasteiger partial charge in [0.05, 0.1) is 6.10 Å². The molecule has 4 aliphatic rings. The van der Waals surface area contributed by atoms with Gasteiger partial charge >= 0.3 is 0 Å². The van der Waals surface area contributed by atoms with Gasteiger partial charge in [0.25, 0.3) is 5.91 Å². The zero-order valence-corrected chi connectivity index (χ0v) is 19.2. The average molecular weight is 456 g/mol. The molecule has 5 rings (SSSR count). The summed E-state index contributed by atoms with van der Waals surface area (Å²) in [5, 5.41) is 6.17. The Kier molecular flexibility index (Phi) is 6.38. The van der Waals surface area contributed by atoms with E-state index >= 15 is 0 Å². The van der Waals surface area contributed by atoms with Gasteiger partial charge in [-0.1, -0.05) is 6.42 Å². The Bertz CT molecular complexity index is 935. The number of rotatable bonds is 6. The van der Waals surface area contributed by atoms with Crippen LogP contribution in [-0.2, 0) is 20.9 Å². The molecule has 3 amide bonds. The zero-order valence-electron chi connectivity index (χ0n) is 19.2. The molecule has 5 atom stereocenters. The number of hydrogen-bond acceptors (Lipinski definition) is 6. The molecule has 8 heteroatoms. The molecule has 1 unspecified atom stereocenters. The van der Waals surface area contributed by atoms with E-state index in [1.54, 1.807) is 12.0 Å². The summed E-state index contributed by atoms with van der Waals surface area (Å²) < 4.78 is 12.1. The van der Waals surface area contributed by atoms with Crippen molar-refractivity contribution in [3.63, 3.8) is 0 Å². The van der Waals surface area contributed by atoms with E-state index in [4.69, 9.17) is 9.47 Å². The first-order valence-electron chi connectivity index (χ1n) is 12.3. The maximum atomic E-state index is 12.9. The van der Waals surface area contributed by atoms with Gasteiger partial charge in [0, 0.05) is 37.7 Å². The molecular formula is C25H33N3O5. The van der Waals surface area contributed by atoms with Gasteiger partial charge in [0.1, 0.15) is 17.9 Å². The summed E-state index contributed by atoms with van der Waals surface area (Å²) in [7, 11) is 1.80. The molecule has 0 bridgehead atoms. The van der Waals surface area contributed by atoms with Crippen molar-refractivity contribution in [2.75, 3.05) is 7.11 Å². The number of hydrogen-bond donors (Lipinski definition) is 2. The Morgan fingerprint density at radius 2 is 1.73 bits per heavy atom. The van der Waals surface area contributed by atoms with E-state index in [1.807, 2.05) is 18.2 Å². The maximum absolute atomic E-state index is 12.9. The van der Waals surface area contributed by atoms with E-state index in [2.05, 4.69) is 10.6 Å². The van der Waals surface area contributed by atoms with E-state index < -0.39 is 6.04 Å². The van der Waals surface area contributed by atoms with Crippen LogP contribution in [0, 0.1) is 0 Å². The van der Waals surface area contributed by atoms with E-state index in [9.17, 15) is 14.4 Å². The van der Waals surface area contributed by atoms with Crippen molar-refractivity contribution in [2.24, 2.45) is 0 Å². The number of nitrogens with zero attached hydrogens (tertiary/aromatic N) is 1. The highest BCUT2D eigenvalue weighted by molar-refractivity contribution is 6.05. The molecule has 178 valence electrons. The van der Waals surface area contributed by atoms with Crippen LogP contribution in [0.15, 0.2) is 18.2 Å². The van der Waals surface area contributed by atoms with Crippen LogP contribution in [-0.4, -0.2) is 60.1 Å². The van der Waals surface area contributed by atoms with Crippen LogP contribution in [0.1, 0.15) is 73.7 Å². The maximum Gasteiger partial charge on any atom is 0.255 e. The van der Waals surface area contributed by atoms with Gasteiger partial charge in [-0.3, -0.25) is 19.7 Å². The lowest BCUT2D eigenvalue weighted by molar-refractivity contribution is -0.136. The lowest BCUT2D eigenvalue weighted by Gasteiger charge is -2.35. The van der Waals surface area contributed by atoms with Crippen LogP contribution in [0.4, 0.5) is 0 Å². The second-order valence-corrected chi connectivity index (χ2v) is 9.74. The topological polar surface area (TPSA) is 97.0 Å². The Morgan fingerprint density at radius 1 is 0.970 bits per heavy atom. The Balaban J connectivity index is 1.26. The summed E-state index contributed by atoms with van der Waals surface area (Å²) in [6.45, 7) is 0.363. The standard InChI is InChI=1S/C25H33N3O5/c1-32-21-8-4-6-18(21)26-19-5-2-3-7-22(19)33-16-9-10-17-15(13-16)14-28(25(17)31)20-11-12-23(29)27-24(20)30/h9-10,13,18-22,26H,2-8,11-12,14H2,1H3,(H,27,29,30)/t18-,19-,20?,21-,22+/m0/s1. The third-order valence-electron chi connectivity index (χ3n) is 7.67. The summed E-state index contributed by atoms with van der Waals surface area (Å²) in [6, 6.07) is 5.68. The van der Waals surface area contributed by atoms with Crippen LogP contribution in [0.5, 0.6) is 5.75 Å². The first-order chi connectivity index (χ1) is 16.0. The van der Waals surface area contributed by atoms with E-state index in [0.717, 1.165) is 43.4 Å². The second kappa shape index (κ2) is 9.43. The minimum Gasteiger partial charge on any atom is -0.489 e. The first-order valence-corrected chi connectivity index (χ1v) is 12.3. The van der Waals surface area contributed by atoms with E-state index in [-0.39, 0.29) is 42.4 Å². The monoisotopic (exact) mass is 455 g/mol. The zero-order chi connectivity index (χ0) is 22.9. The van der Waals surface area contributed by atoms with Crippen molar-refractivity contribution in [3.05, 3.63) is 29.3 Å². The number of methoxy groups -OCH3 is 1. The highest BCUT2D eigenvalue weighted by Gasteiger charge is 2.39. The Hall–Kier alpha value is -2.45. The van der Waals surface area contributed by atoms with Crippen molar-refractivity contribution >= 4 is 17.7 Å². The number of carbonyl (C=O) groups excluding carboxylic acids is 3. The largest absolute Gasteiger partial charge is 0.489 e. The number of benzene rings is 1. The molecule has 2 aliphatic carbocycles. The fraction of sp³-hybridized carbons (Fsp3) is 0.640. The molecule has 33 heavy (non-hydrogen) atoms. The van der Waals surface area contributed by atoms with Crippen molar-refractivity contribution in [2.45, 2.75) is 94.7 Å². The van der Waals surface area contributed by atoms with Crippen molar-refractivity contribution < 1.29 is 23.9 Å². The van der Waals surface area contributed by atoms with Gasteiger partial charge in [-0.15, -0.1) is 0 Å². The number of amides is 3. The molecule has 3 fully saturated rings. The predicted molar refractivity (Wildman–Crippen MR) is 121 cm³/mol. The molecule has 1 saturated heterocycles. The van der Waals surface area contributed by atoms with Crippen molar-refractivity contribution in [3.8, 4) is 5.75 Å². The van der Waals surface area contributed by atoms with E-state index in [1.165, 1.54) is 12.8 Å². The second-order valence-electron chi connectivity index (χ2n) is 9.74. The molecule has 1 aromatic rings. The summed E-state index contributed by atoms with van der Waals surface area (Å²) >= 11 is 0. The number of imide groups is 1. The van der Waals surface area contributed by atoms with Crippen LogP contribution in [0.3, 0.4) is 0 Å². The number of nitrogens with one attached hydrogen (secondary N) is 2. The fourth-order valence-electron chi connectivity index (χ4n) is 5.90. The van der Waals surface area contributed by atoms with Crippen LogP contribution in [0.2, 0.25) is 0 Å². The quantitative estimate of drug-likeness (QED) is 0.639. The SMILES string of the molecule is CO[C@H]1CCC[C@@H]1N[C@H]1CCCC[C@H]1Oc1ccc2c(c1)CN(C1CCC(=O)NC1=O)C2=O. The molecule has 2 saturated carbocycles. The molecule has 0 radical (unpaired) electrons. The van der Waals surface area contributed by atoms with Crippen molar-refractivity contribution in [1.82, 2.24) is 15.5 Å². The molecule has 1 aromatic carbocycles. The van der Waals surface area contributed by atoms with Gasteiger partial charge in [-0.25, -0.2) is 0 Å². The number of piperidine rings is 1. The van der Waals surface area contributed by atoms with E-state index in [0.29, 0.717) is 24.6 Å². The summed E-state index contributed by atoms with van der Waals surface area (Å²) in [5.41, 5.74) is 1.48. The normalized spacial score (nSPS) is 32.1. The van der Waals surface area contributed by atoms with Crippen LogP contribution in [0.25, 0.3) is 0 Å². The Morgan fingerprint density at radius 3 is 2.55 bits per heavy atom. The molecule has 2 N–H and O–H groups in total. The minimum atomic E-state index is -0.598. The highest BCUT2D eigenvalue weighted by Crippen LogP contribution is 2.32. The number of fused-ring (bicyclic) bond motifs is 1. The lowest BCUT2D eigenvalue weighted by atomic mass is 9.91. The van der Waals surface area contributed by atoms with Crippen molar-refractivity contribution in [1.29, 1.82) is 0 Å². The molecule has 2 heterocycles. The molecule has 8 nitrogen and oxygen atoms in total. The molecule has 0 aromatic heterocycles. The smallest absolute Gasteiger partial charge is 0.255 e. The lowest BCUT2D eigenvalue weighted by Crippen LogP contribution is -2.52. The van der Waals surface area contributed by atoms with Crippen LogP contribution < -0.4 is 15.4 Å². The molecular weight excluding hydrogens is 422 g/mol. The summed E-state index contributed by atoms with van der Waals surface area (Å²) in [5.74, 6) is -0.0578. The minimum absolute atomic E-state index is 0.0817. The average Bonchev–Trinajstić information content (AvgIpc) is 3.39. The van der Waals surface area contributed by atoms with Gasteiger partial charge in [-0.05, 0) is 68.7 Å². The van der Waals surface area contributed by atoms with Gasteiger partial charge in [0.15, 0.2) is 0 Å². The molecule has 2 aliphatic heterocycles. The number of carbonyl (C=O) groups is 3. The molecule has 0 spiro atoms. The highest BCUT2D eigenvalue weighted by atomic mass is 16.5. The summed E-state index contributed by atoms with van der Waals surface area (Å²) in [4.78, 5) is 38.3. The van der Waals surface area contributed by atoms with Gasteiger partial charge in [-0.2, -0.15) is 0 Å². The fourth-order valence-corrected chi connectivity index (χ4v) is 5.90. The van der Waals surface area contributed by atoms with Gasteiger partial charge < -0.3 is 19.7 Å². The summed E-state index contributed by atoms with van der Waals surface area (Å²) in [6.07, 6.45) is 8.85. The van der Waals surface area contributed by atoms with Gasteiger partial charge in [0.2, 0.25) is 11.8 Å². The third kappa shape index (κ3) is 4.51. The number of ether oxygens (including phenoxy) is 2. The first kappa shape index (κ1) is 22.3. The Labute approximate surface area is 194 Å². The van der Waals surface area contributed by atoms with Crippen LogP contribution >= 0.6 is 0 Å². The third-order valence-corrected chi connectivity index (χ3v) is 7.67.